The smallest absolute Gasteiger partial charge is 0.123 e. The van der Waals surface area contributed by atoms with Gasteiger partial charge in [0.05, 0.1) is 0 Å². The van der Waals surface area contributed by atoms with Gasteiger partial charge in [-0.3, -0.25) is 0 Å². The molecule has 0 fully saturated rings. The van der Waals surface area contributed by atoms with Crippen molar-refractivity contribution in [1.29, 1.82) is 0 Å². The van der Waals surface area contributed by atoms with Crippen LogP contribution in [0.4, 0.5) is 0 Å². The Morgan fingerprint density at radius 1 is 1.32 bits per heavy atom. The lowest BCUT2D eigenvalue weighted by Gasteiger charge is -2.26. The number of hydrogen-bond donors (Lipinski definition) is 2. The van der Waals surface area contributed by atoms with Gasteiger partial charge >= 0.3 is 0 Å². The lowest BCUT2D eigenvalue weighted by molar-refractivity contribution is 0.0979. The van der Waals surface area contributed by atoms with Gasteiger partial charge in [-0.15, -0.1) is 0 Å². The molecule has 4 heteroatoms. The van der Waals surface area contributed by atoms with E-state index >= 15 is 0 Å². The van der Waals surface area contributed by atoms with Crippen molar-refractivity contribution in [2.45, 2.75) is 65.5 Å². The zero-order valence-corrected chi connectivity index (χ0v) is 15.4. The predicted octanol–water partition coefficient (Wildman–Crippen LogP) is 4.29. The Hall–Kier alpha value is -0.770. The maximum atomic E-state index is 10.1. The summed E-state index contributed by atoms with van der Waals surface area (Å²) in [5, 5.41) is 14.2. The highest BCUT2D eigenvalue weighted by Crippen LogP contribution is 2.32. The molecule has 0 aliphatic heterocycles. The molecule has 0 unspecified atom stereocenters. The quantitative estimate of drug-likeness (QED) is 0.748. The summed E-state index contributed by atoms with van der Waals surface area (Å²) in [6.07, 6.45) is 0.468. The molecule has 0 heterocycles. The molecule has 1 rings (SSSR count). The first kappa shape index (κ1) is 19.3. The van der Waals surface area contributed by atoms with Crippen molar-refractivity contribution < 1.29 is 9.84 Å². The van der Waals surface area contributed by atoms with Crippen LogP contribution in [0.2, 0.25) is 5.02 Å². The standard InChI is InChI=1S/C18H30ClNO2/c1-7-18(5,6)20-10-14(21)11-22-17-8-13(4)16(19)9-15(17)12(2)3/h8-9,12,14,20-21H,7,10-11H2,1-6H3/t14-/m1/s1. The van der Waals surface area contributed by atoms with Crippen molar-refractivity contribution in [3.63, 3.8) is 0 Å². The average molecular weight is 328 g/mol. The minimum Gasteiger partial charge on any atom is -0.491 e. The largest absolute Gasteiger partial charge is 0.491 e. The second-order valence-electron chi connectivity index (χ2n) is 6.88. The fourth-order valence-electron chi connectivity index (χ4n) is 2.01. The molecule has 0 spiro atoms. The summed E-state index contributed by atoms with van der Waals surface area (Å²) >= 11 is 6.19. The van der Waals surface area contributed by atoms with E-state index in [2.05, 4.69) is 39.9 Å². The molecule has 1 aromatic rings. The van der Waals surface area contributed by atoms with Crippen LogP contribution in [0.25, 0.3) is 0 Å². The summed E-state index contributed by atoms with van der Waals surface area (Å²) in [6, 6.07) is 3.91. The van der Waals surface area contributed by atoms with Crippen molar-refractivity contribution >= 4 is 11.6 Å². The molecule has 0 radical (unpaired) electrons. The molecule has 0 amide bonds. The van der Waals surface area contributed by atoms with Gasteiger partial charge in [-0.25, -0.2) is 0 Å². The Morgan fingerprint density at radius 3 is 2.50 bits per heavy atom. The lowest BCUT2D eigenvalue weighted by Crippen LogP contribution is -2.44. The topological polar surface area (TPSA) is 41.5 Å². The predicted molar refractivity (Wildman–Crippen MR) is 94.2 cm³/mol. The molecular weight excluding hydrogens is 298 g/mol. The minimum absolute atomic E-state index is 0.0287. The fourth-order valence-corrected chi connectivity index (χ4v) is 2.18. The van der Waals surface area contributed by atoms with Crippen molar-refractivity contribution in [1.82, 2.24) is 5.32 Å². The van der Waals surface area contributed by atoms with Gasteiger partial charge in [0.1, 0.15) is 18.5 Å². The molecule has 0 aromatic heterocycles. The number of benzene rings is 1. The van der Waals surface area contributed by atoms with Crippen LogP contribution in [0, 0.1) is 6.92 Å². The van der Waals surface area contributed by atoms with Gasteiger partial charge < -0.3 is 15.2 Å². The summed E-state index contributed by atoms with van der Waals surface area (Å²) in [6.45, 7) is 13.3. The zero-order chi connectivity index (χ0) is 16.9. The third kappa shape index (κ3) is 5.79. The molecule has 0 aliphatic rings. The van der Waals surface area contributed by atoms with E-state index in [-0.39, 0.29) is 12.1 Å². The van der Waals surface area contributed by atoms with Crippen LogP contribution in [0.5, 0.6) is 5.75 Å². The molecule has 0 bridgehead atoms. The van der Waals surface area contributed by atoms with Crippen molar-refractivity contribution in [2.24, 2.45) is 0 Å². The van der Waals surface area contributed by atoms with Crippen molar-refractivity contribution in [3.05, 3.63) is 28.3 Å². The third-order valence-electron chi connectivity index (χ3n) is 4.04. The molecule has 0 aliphatic carbocycles. The summed E-state index contributed by atoms with van der Waals surface area (Å²) < 4.78 is 5.85. The number of rotatable bonds is 8. The number of aliphatic hydroxyl groups excluding tert-OH is 1. The molecule has 1 aromatic carbocycles. The maximum Gasteiger partial charge on any atom is 0.123 e. The Morgan fingerprint density at radius 2 is 1.95 bits per heavy atom. The van der Waals surface area contributed by atoms with Crippen LogP contribution < -0.4 is 10.1 Å². The first-order valence-electron chi connectivity index (χ1n) is 8.02. The number of hydrogen-bond acceptors (Lipinski definition) is 3. The Kier molecular flexibility index (Phi) is 7.17. The van der Waals surface area contributed by atoms with Crippen LogP contribution in [0.3, 0.4) is 0 Å². The first-order chi connectivity index (χ1) is 10.2. The van der Waals surface area contributed by atoms with E-state index in [0.717, 1.165) is 28.3 Å². The van der Waals surface area contributed by atoms with Crippen LogP contribution in [0.1, 0.15) is 58.1 Å². The number of nitrogens with one attached hydrogen (secondary N) is 1. The van der Waals surface area contributed by atoms with E-state index < -0.39 is 6.10 Å². The highest BCUT2D eigenvalue weighted by molar-refractivity contribution is 6.31. The second-order valence-corrected chi connectivity index (χ2v) is 7.28. The number of halogens is 1. The minimum atomic E-state index is -0.540. The normalized spacial score (nSPS) is 13.5. The lowest BCUT2D eigenvalue weighted by atomic mass is 10.0. The summed E-state index contributed by atoms with van der Waals surface area (Å²) in [5.74, 6) is 1.13. The molecule has 22 heavy (non-hydrogen) atoms. The van der Waals surface area contributed by atoms with Gasteiger partial charge in [-0.05, 0) is 56.4 Å². The Labute approximate surface area is 140 Å². The molecule has 126 valence electrons. The highest BCUT2D eigenvalue weighted by Gasteiger charge is 2.17. The second kappa shape index (κ2) is 8.19. The summed E-state index contributed by atoms with van der Waals surface area (Å²) in [5.41, 5.74) is 2.09. The number of ether oxygens (including phenoxy) is 1. The van der Waals surface area contributed by atoms with Crippen molar-refractivity contribution in [3.8, 4) is 5.75 Å². The van der Waals surface area contributed by atoms with Gasteiger partial charge in [0.25, 0.3) is 0 Å². The van der Waals surface area contributed by atoms with E-state index in [9.17, 15) is 5.11 Å². The summed E-state index contributed by atoms with van der Waals surface area (Å²) in [4.78, 5) is 0. The van der Waals surface area contributed by atoms with Gasteiger partial charge in [0.15, 0.2) is 0 Å². The third-order valence-corrected chi connectivity index (χ3v) is 4.45. The molecule has 0 saturated heterocycles. The fraction of sp³-hybridized carbons (Fsp3) is 0.667. The van der Waals surface area contributed by atoms with E-state index in [0.29, 0.717) is 12.5 Å². The Bertz CT molecular complexity index is 486. The van der Waals surface area contributed by atoms with Crippen LogP contribution in [-0.4, -0.2) is 29.9 Å². The number of aliphatic hydroxyl groups is 1. The number of aryl methyl sites for hydroxylation is 1. The maximum absolute atomic E-state index is 10.1. The van der Waals surface area contributed by atoms with E-state index in [4.69, 9.17) is 16.3 Å². The van der Waals surface area contributed by atoms with Gasteiger partial charge in [-0.2, -0.15) is 0 Å². The Balaban J connectivity index is 2.66. The number of β-amino-alcohol motifs (C(OH)–C–C–N with tert-alkyl or cyclic N) is 1. The van der Waals surface area contributed by atoms with Crippen LogP contribution in [0.15, 0.2) is 12.1 Å². The molecule has 2 N–H and O–H groups in total. The summed E-state index contributed by atoms with van der Waals surface area (Å²) in [7, 11) is 0. The SMILES string of the molecule is CCC(C)(C)NC[C@@H](O)COc1cc(C)c(Cl)cc1C(C)C. The monoisotopic (exact) mass is 327 g/mol. The highest BCUT2D eigenvalue weighted by atomic mass is 35.5. The van der Waals surface area contributed by atoms with Crippen LogP contribution in [-0.2, 0) is 0 Å². The van der Waals surface area contributed by atoms with Crippen molar-refractivity contribution in [2.75, 3.05) is 13.2 Å². The van der Waals surface area contributed by atoms with Gasteiger partial charge in [-0.1, -0.05) is 32.4 Å². The zero-order valence-electron chi connectivity index (χ0n) is 14.7. The van der Waals surface area contributed by atoms with E-state index in [1.54, 1.807) is 0 Å². The molecule has 1 atom stereocenters. The van der Waals surface area contributed by atoms with Crippen LogP contribution >= 0.6 is 11.6 Å². The van der Waals surface area contributed by atoms with E-state index in [1.807, 2.05) is 19.1 Å². The molecule has 3 nitrogen and oxygen atoms in total. The average Bonchev–Trinajstić information content (AvgIpc) is 2.45. The molecular formula is C18H30ClNO2. The van der Waals surface area contributed by atoms with E-state index in [1.165, 1.54) is 0 Å². The van der Waals surface area contributed by atoms with Gasteiger partial charge in [0, 0.05) is 17.1 Å². The molecule has 0 saturated carbocycles. The first-order valence-corrected chi connectivity index (χ1v) is 8.40. The van der Waals surface area contributed by atoms with Gasteiger partial charge in [0.2, 0.25) is 0 Å².